The highest BCUT2D eigenvalue weighted by molar-refractivity contribution is 7.11. The summed E-state index contributed by atoms with van der Waals surface area (Å²) < 4.78 is 40.7. The first-order valence-corrected chi connectivity index (χ1v) is 7.99. The molecule has 0 amide bonds. The highest BCUT2D eigenvalue weighted by atomic mass is 32.1. The molecule has 2 aromatic rings. The van der Waals surface area contributed by atoms with Gasteiger partial charge in [0, 0.05) is 6.54 Å². The van der Waals surface area contributed by atoms with Crippen LogP contribution in [0.5, 0.6) is 0 Å². The molecule has 1 aliphatic rings. The number of aromatic nitrogens is 1. The van der Waals surface area contributed by atoms with Crippen LogP contribution in [0, 0.1) is 11.3 Å². The van der Waals surface area contributed by atoms with Gasteiger partial charge >= 0.3 is 6.18 Å². The van der Waals surface area contributed by atoms with E-state index in [9.17, 15) is 23.2 Å². The Bertz CT molecular complexity index is 844. The number of nitrogens with one attached hydrogen (secondary N) is 2. The maximum atomic E-state index is 13.1. The van der Waals surface area contributed by atoms with Crippen LogP contribution in [0.25, 0.3) is 0 Å². The number of benzene rings is 1. The fraction of sp³-hybridized carbons (Fsp3) is 0.333. The lowest BCUT2D eigenvalue weighted by atomic mass is 10.1. The number of hydrogen-bond acceptors (Lipinski definition) is 5. The van der Waals surface area contributed by atoms with Gasteiger partial charge in [0.15, 0.2) is 5.56 Å². The zero-order valence-electron chi connectivity index (χ0n) is 12.4. The molecule has 0 spiro atoms. The minimum atomic E-state index is -4.53. The van der Waals surface area contributed by atoms with Gasteiger partial charge in [0.25, 0.3) is 5.56 Å². The summed E-state index contributed by atoms with van der Waals surface area (Å²) in [6, 6.07) is 6.70. The molecular weight excluding hydrogens is 341 g/mol. The van der Waals surface area contributed by atoms with Gasteiger partial charge in [0.2, 0.25) is 0 Å². The van der Waals surface area contributed by atoms with Gasteiger partial charge < -0.3 is 10.6 Å². The number of rotatable bonds is 3. The summed E-state index contributed by atoms with van der Waals surface area (Å²) in [5.74, 6) is 0. The lowest BCUT2D eigenvalue weighted by Crippen LogP contribution is -2.22. The molecule has 1 aliphatic heterocycles. The van der Waals surface area contributed by atoms with Gasteiger partial charge in [-0.1, -0.05) is 12.1 Å². The Kier molecular flexibility index (Phi) is 4.34. The topological polar surface area (TPSA) is 69.8 Å². The van der Waals surface area contributed by atoms with Crippen molar-refractivity contribution in [3.8, 4) is 6.07 Å². The smallest absolute Gasteiger partial charge is 0.344 e. The van der Waals surface area contributed by atoms with Gasteiger partial charge in [-0.2, -0.15) is 18.4 Å². The van der Waals surface area contributed by atoms with E-state index in [0.29, 0.717) is 6.54 Å². The molecular formula is C15H13F3N4OS. The Morgan fingerprint density at radius 2 is 2.12 bits per heavy atom. The van der Waals surface area contributed by atoms with Gasteiger partial charge in [-0.3, -0.25) is 8.75 Å². The molecule has 1 atom stereocenters. The third-order valence-electron chi connectivity index (χ3n) is 3.79. The Labute approximate surface area is 139 Å². The van der Waals surface area contributed by atoms with Crippen LogP contribution >= 0.6 is 11.5 Å². The molecule has 0 saturated carbocycles. The molecule has 0 unspecified atom stereocenters. The van der Waals surface area contributed by atoms with Crippen molar-refractivity contribution in [2.45, 2.75) is 18.6 Å². The molecule has 126 valence electrons. The fourth-order valence-corrected chi connectivity index (χ4v) is 3.70. The normalized spacial score (nSPS) is 17.7. The lowest BCUT2D eigenvalue weighted by Gasteiger charge is -2.13. The maximum Gasteiger partial charge on any atom is 0.418 e. The molecule has 24 heavy (non-hydrogen) atoms. The molecule has 9 heteroatoms. The first-order valence-electron chi connectivity index (χ1n) is 7.21. The number of para-hydroxylation sites is 1. The van der Waals surface area contributed by atoms with Gasteiger partial charge in [-0.15, -0.1) is 0 Å². The van der Waals surface area contributed by atoms with E-state index < -0.39 is 17.3 Å². The van der Waals surface area contributed by atoms with Crippen LogP contribution in [-0.4, -0.2) is 17.0 Å². The minimum absolute atomic E-state index is 0.0805. The summed E-state index contributed by atoms with van der Waals surface area (Å²) in [5.41, 5.74) is -1.66. The van der Waals surface area contributed by atoms with Gasteiger partial charge in [0.1, 0.15) is 11.1 Å². The average Bonchev–Trinajstić information content (AvgIpc) is 3.15. The van der Waals surface area contributed by atoms with Crippen LogP contribution in [0.1, 0.15) is 23.6 Å². The van der Waals surface area contributed by atoms with Crippen molar-refractivity contribution in [2.75, 3.05) is 18.4 Å². The van der Waals surface area contributed by atoms with E-state index in [2.05, 4.69) is 10.6 Å². The van der Waals surface area contributed by atoms with E-state index in [4.69, 9.17) is 0 Å². The molecule has 0 bridgehead atoms. The van der Waals surface area contributed by atoms with Gasteiger partial charge in [-0.25, -0.2) is 0 Å². The highest BCUT2D eigenvalue weighted by Gasteiger charge is 2.34. The van der Waals surface area contributed by atoms with Crippen LogP contribution in [-0.2, 0) is 6.18 Å². The SMILES string of the molecule is N#Cc1c(Nc2ccccc2C(F)(F)F)sn([C@H]2CCNC2)c1=O. The molecule has 0 radical (unpaired) electrons. The second kappa shape index (κ2) is 6.30. The quantitative estimate of drug-likeness (QED) is 0.889. The van der Waals surface area contributed by atoms with Gasteiger partial charge in [-0.05, 0) is 36.6 Å². The van der Waals surface area contributed by atoms with Crippen molar-refractivity contribution < 1.29 is 13.2 Å². The van der Waals surface area contributed by atoms with Crippen molar-refractivity contribution in [1.29, 1.82) is 5.26 Å². The van der Waals surface area contributed by atoms with Crippen molar-refractivity contribution in [3.05, 3.63) is 45.7 Å². The Balaban J connectivity index is 2.01. The molecule has 3 rings (SSSR count). The molecule has 1 saturated heterocycles. The van der Waals surface area contributed by atoms with Crippen molar-refractivity contribution in [2.24, 2.45) is 0 Å². The lowest BCUT2D eigenvalue weighted by molar-refractivity contribution is -0.136. The summed E-state index contributed by atoms with van der Waals surface area (Å²) in [7, 11) is 0. The van der Waals surface area contributed by atoms with E-state index in [1.54, 1.807) is 6.07 Å². The van der Waals surface area contributed by atoms with Crippen LogP contribution in [0.15, 0.2) is 29.1 Å². The summed E-state index contributed by atoms with van der Waals surface area (Å²) in [5, 5.41) is 15.1. The van der Waals surface area contributed by atoms with Crippen molar-refractivity contribution in [3.63, 3.8) is 0 Å². The van der Waals surface area contributed by atoms with E-state index in [0.717, 1.165) is 30.6 Å². The molecule has 0 aliphatic carbocycles. The highest BCUT2D eigenvalue weighted by Crippen LogP contribution is 2.37. The second-order valence-corrected chi connectivity index (χ2v) is 6.34. The first-order chi connectivity index (χ1) is 11.4. The first kappa shape index (κ1) is 16.5. The van der Waals surface area contributed by atoms with Gasteiger partial charge in [0.05, 0.1) is 17.3 Å². The Morgan fingerprint density at radius 1 is 1.38 bits per heavy atom. The van der Waals surface area contributed by atoms with Crippen LogP contribution in [0.4, 0.5) is 23.9 Å². The summed E-state index contributed by atoms with van der Waals surface area (Å²) in [6.07, 6.45) is -3.79. The number of hydrogen-bond donors (Lipinski definition) is 2. The molecule has 1 aromatic carbocycles. The van der Waals surface area contributed by atoms with E-state index in [1.807, 2.05) is 0 Å². The Morgan fingerprint density at radius 3 is 2.75 bits per heavy atom. The van der Waals surface area contributed by atoms with E-state index >= 15 is 0 Å². The standard InChI is InChI=1S/C15H13F3N4OS/c16-15(17,18)11-3-1-2-4-12(11)21-13-10(7-19)14(23)22(24-13)9-5-6-20-8-9/h1-4,9,20-21H,5-6,8H2/t9-/m0/s1. The summed E-state index contributed by atoms with van der Waals surface area (Å²) >= 11 is 0.985. The Hall–Kier alpha value is -2.31. The number of nitriles is 1. The summed E-state index contributed by atoms with van der Waals surface area (Å²) in [6.45, 7) is 1.36. The predicted molar refractivity (Wildman–Crippen MR) is 84.5 cm³/mol. The molecule has 2 heterocycles. The molecule has 1 fully saturated rings. The number of nitrogens with zero attached hydrogens (tertiary/aromatic N) is 2. The van der Waals surface area contributed by atoms with Crippen molar-refractivity contribution in [1.82, 2.24) is 9.27 Å². The third kappa shape index (κ3) is 3.02. The number of alkyl halides is 3. The number of anilines is 2. The number of halogens is 3. The monoisotopic (exact) mass is 354 g/mol. The fourth-order valence-electron chi connectivity index (χ4n) is 2.62. The molecule has 2 N–H and O–H groups in total. The van der Waals surface area contributed by atoms with E-state index in [-0.39, 0.29) is 22.3 Å². The van der Waals surface area contributed by atoms with Crippen LogP contribution in [0.2, 0.25) is 0 Å². The maximum absolute atomic E-state index is 13.1. The molecule has 1 aromatic heterocycles. The van der Waals surface area contributed by atoms with E-state index in [1.165, 1.54) is 22.2 Å². The predicted octanol–water partition coefficient (Wildman–Crippen LogP) is 3.08. The average molecular weight is 354 g/mol. The summed E-state index contributed by atoms with van der Waals surface area (Å²) in [4.78, 5) is 12.3. The largest absolute Gasteiger partial charge is 0.418 e. The van der Waals surface area contributed by atoms with Crippen molar-refractivity contribution >= 4 is 22.2 Å². The molecule has 5 nitrogen and oxygen atoms in total. The zero-order chi connectivity index (χ0) is 17.3. The second-order valence-electron chi connectivity index (χ2n) is 5.35. The van der Waals surface area contributed by atoms with Crippen LogP contribution in [0.3, 0.4) is 0 Å². The third-order valence-corrected chi connectivity index (χ3v) is 4.94. The minimum Gasteiger partial charge on any atom is -0.344 e. The van der Waals surface area contributed by atoms with Crippen LogP contribution < -0.4 is 16.2 Å². The zero-order valence-corrected chi connectivity index (χ0v) is 13.2.